The van der Waals surface area contributed by atoms with Crippen LogP contribution >= 0.6 is 11.6 Å². The van der Waals surface area contributed by atoms with Crippen LogP contribution in [0.5, 0.6) is 5.75 Å². The standard InChI is InChI=1S/C15H19ClO4/c1-3-19-14(17)6-4-5-7-15(18)20-13-10-11(2)8-9-12(13)16/h8-10H,3-7H2,1-2H3. The molecule has 110 valence electrons. The molecule has 0 aromatic heterocycles. The molecule has 0 N–H and O–H groups in total. The first-order valence-corrected chi connectivity index (χ1v) is 7.03. The Morgan fingerprint density at radius 2 is 1.80 bits per heavy atom. The average molecular weight is 299 g/mol. The Bertz CT molecular complexity index is 471. The molecule has 0 aliphatic carbocycles. The number of carbonyl (C=O) groups is 2. The van der Waals surface area contributed by atoms with Crippen molar-refractivity contribution in [3.63, 3.8) is 0 Å². The number of aryl methyl sites for hydroxylation is 1. The highest BCUT2D eigenvalue weighted by molar-refractivity contribution is 6.32. The van der Waals surface area contributed by atoms with Crippen molar-refractivity contribution in [3.05, 3.63) is 28.8 Å². The molecule has 0 saturated carbocycles. The maximum Gasteiger partial charge on any atom is 0.311 e. The second kappa shape index (κ2) is 8.59. The molecule has 20 heavy (non-hydrogen) atoms. The normalized spacial score (nSPS) is 10.2. The number of unbranched alkanes of at least 4 members (excludes halogenated alkanes) is 1. The Kier molecular flexibility index (Phi) is 7.09. The average Bonchev–Trinajstić information content (AvgIpc) is 2.39. The Morgan fingerprint density at radius 1 is 1.15 bits per heavy atom. The first kappa shape index (κ1) is 16.5. The van der Waals surface area contributed by atoms with Crippen LogP contribution in [0, 0.1) is 6.92 Å². The second-order valence-corrected chi connectivity index (χ2v) is 4.83. The van der Waals surface area contributed by atoms with Gasteiger partial charge in [0.25, 0.3) is 0 Å². The zero-order chi connectivity index (χ0) is 15.0. The van der Waals surface area contributed by atoms with Crippen molar-refractivity contribution in [2.45, 2.75) is 39.5 Å². The van der Waals surface area contributed by atoms with Crippen molar-refractivity contribution in [1.82, 2.24) is 0 Å². The van der Waals surface area contributed by atoms with E-state index in [1.165, 1.54) is 0 Å². The molecule has 0 bridgehead atoms. The Labute approximate surface area is 124 Å². The third-order valence-electron chi connectivity index (χ3n) is 2.63. The van der Waals surface area contributed by atoms with E-state index in [0.29, 0.717) is 36.6 Å². The molecule has 1 aromatic rings. The van der Waals surface area contributed by atoms with Gasteiger partial charge in [0, 0.05) is 12.8 Å². The predicted octanol–water partition coefficient (Wildman–Crippen LogP) is 3.68. The van der Waals surface area contributed by atoms with E-state index in [4.69, 9.17) is 21.1 Å². The summed E-state index contributed by atoms with van der Waals surface area (Å²) in [6.07, 6.45) is 1.77. The van der Waals surface area contributed by atoms with E-state index in [2.05, 4.69) is 0 Å². The number of hydrogen-bond acceptors (Lipinski definition) is 4. The van der Waals surface area contributed by atoms with Crippen LogP contribution in [-0.2, 0) is 14.3 Å². The van der Waals surface area contributed by atoms with E-state index in [0.717, 1.165) is 5.56 Å². The summed E-state index contributed by atoms with van der Waals surface area (Å²) in [5.41, 5.74) is 0.972. The monoisotopic (exact) mass is 298 g/mol. The molecule has 0 atom stereocenters. The van der Waals surface area contributed by atoms with Crippen LogP contribution in [0.25, 0.3) is 0 Å². The summed E-state index contributed by atoms with van der Waals surface area (Å²) < 4.78 is 9.99. The van der Waals surface area contributed by atoms with Gasteiger partial charge < -0.3 is 9.47 Å². The van der Waals surface area contributed by atoms with E-state index in [1.807, 2.05) is 13.0 Å². The highest BCUT2D eigenvalue weighted by atomic mass is 35.5. The fourth-order valence-electron chi connectivity index (χ4n) is 1.63. The van der Waals surface area contributed by atoms with Gasteiger partial charge in [-0.2, -0.15) is 0 Å². The van der Waals surface area contributed by atoms with Crippen LogP contribution in [0.4, 0.5) is 0 Å². The van der Waals surface area contributed by atoms with Gasteiger partial charge in [-0.15, -0.1) is 0 Å². The van der Waals surface area contributed by atoms with Crippen molar-refractivity contribution in [2.75, 3.05) is 6.61 Å². The first-order valence-electron chi connectivity index (χ1n) is 6.65. The van der Waals surface area contributed by atoms with Gasteiger partial charge in [-0.1, -0.05) is 17.7 Å². The molecule has 0 heterocycles. The van der Waals surface area contributed by atoms with Crippen LogP contribution in [-0.4, -0.2) is 18.5 Å². The van der Waals surface area contributed by atoms with Gasteiger partial charge in [-0.3, -0.25) is 9.59 Å². The van der Waals surface area contributed by atoms with E-state index >= 15 is 0 Å². The van der Waals surface area contributed by atoms with E-state index < -0.39 is 0 Å². The van der Waals surface area contributed by atoms with Gasteiger partial charge in [-0.05, 0) is 44.4 Å². The summed E-state index contributed by atoms with van der Waals surface area (Å²) in [6.45, 7) is 4.04. The third-order valence-corrected chi connectivity index (χ3v) is 2.94. The van der Waals surface area contributed by atoms with Crippen LogP contribution in [0.3, 0.4) is 0 Å². The summed E-state index contributed by atoms with van der Waals surface area (Å²) in [5.74, 6) is -0.203. The van der Waals surface area contributed by atoms with Crippen molar-refractivity contribution < 1.29 is 19.1 Å². The quantitative estimate of drug-likeness (QED) is 0.438. The van der Waals surface area contributed by atoms with Gasteiger partial charge >= 0.3 is 11.9 Å². The number of carbonyl (C=O) groups excluding carboxylic acids is 2. The van der Waals surface area contributed by atoms with E-state index in [1.54, 1.807) is 19.1 Å². The van der Waals surface area contributed by atoms with Gasteiger partial charge in [0.05, 0.1) is 11.6 Å². The predicted molar refractivity (Wildman–Crippen MR) is 76.9 cm³/mol. The molecule has 0 aliphatic heterocycles. The van der Waals surface area contributed by atoms with Gasteiger partial charge in [0.2, 0.25) is 0 Å². The molecule has 0 saturated heterocycles. The smallest absolute Gasteiger partial charge is 0.311 e. The lowest BCUT2D eigenvalue weighted by atomic mass is 10.2. The third kappa shape index (κ3) is 6.06. The van der Waals surface area contributed by atoms with Crippen molar-refractivity contribution in [1.29, 1.82) is 0 Å². The maximum atomic E-state index is 11.6. The molecular formula is C15H19ClO4. The molecule has 4 nitrogen and oxygen atoms in total. The number of ether oxygens (including phenoxy) is 2. The van der Waals surface area contributed by atoms with Crippen LogP contribution in [0.1, 0.15) is 38.2 Å². The van der Waals surface area contributed by atoms with Gasteiger partial charge in [-0.25, -0.2) is 0 Å². The number of halogens is 1. The minimum atomic E-state index is -0.346. The Hall–Kier alpha value is -1.55. The summed E-state index contributed by atoms with van der Waals surface area (Å²) in [7, 11) is 0. The fourth-order valence-corrected chi connectivity index (χ4v) is 1.79. The lowest BCUT2D eigenvalue weighted by Gasteiger charge is -2.07. The lowest BCUT2D eigenvalue weighted by molar-refractivity contribution is -0.143. The molecule has 5 heteroatoms. The molecule has 0 fully saturated rings. The summed E-state index contributed by atoms with van der Waals surface area (Å²) >= 11 is 5.94. The number of hydrogen-bond donors (Lipinski definition) is 0. The van der Waals surface area contributed by atoms with Crippen LogP contribution < -0.4 is 4.74 Å². The molecule has 0 aliphatic rings. The molecule has 1 aromatic carbocycles. The topological polar surface area (TPSA) is 52.6 Å². The van der Waals surface area contributed by atoms with Crippen molar-refractivity contribution in [2.24, 2.45) is 0 Å². The summed E-state index contributed by atoms with van der Waals surface area (Å²) in [5, 5.41) is 0.412. The minimum absolute atomic E-state index is 0.234. The van der Waals surface area contributed by atoms with E-state index in [9.17, 15) is 9.59 Å². The van der Waals surface area contributed by atoms with Gasteiger partial charge in [0.1, 0.15) is 5.75 Å². The molecule has 1 rings (SSSR count). The second-order valence-electron chi connectivity index (χ2n) is 4.42. The van der Waals surface area contributed by atoms with Crippen molar-refractivity contribution in [3.8, 4) is 5.75 Å². The zero-order valence-electron chi connectivity index (χ0n) is 11.8. The zero-order valence-corrected chi connectivity index (χ0v) is 12.5. The largest absolute Gasteiger partial charge is 0.466 e. The number of rotatable bonds is 7. The molecular weight excluding hydrogens is 280 g/mol. The van der Waals surface area contributed by atoms with E-state index in [-0.39, 0.29) is 18.4 Å². The fraction of sp³-hybridized carbons (Fsp3) is 0.467. The Balaban J connectivity index is 2.30. The molecule has 0 spiro atoms. The SMILES string of the molecule is CCOC(=O)CCCCC(=O)Oc1cc(C)ccc1Cl. The van der Waals surface area contributed by atoms with Crippen LogP contribution in [0.2, 0.25) is 5.02 Å². The summed E-state index contributed by atoms with van der Waals surface area (Å²) in [4.78, 5) is 22.8. The highest BCUT2D eigenvalue weighted by Crippen LogP contribution is 2.25. The number of benzene rings is 1. The first-order chi connectivity index (χ1) is 9.52. The van der Waals surface area contributed by atoms with Gasteiger partial charge in [0.15, 0.2) is 0 Å². The van der Waals surface area contributed by atoms with Crippen molar-refractivity contribution >= 4 is 23.5 Å². The van der Waals surface area contributed by atoms with Crippen LogP contribution in [0.15, 0.2) is 18.2 Å². The maximum absolute atomic E-state index is 11.6. The lowest BCUT2D eigenvalue weighted by Crippen LogP contribution is -2.09. The molecule has 0 amide bonds. The highest BCUT2D eigenvalue weighted by Gasteiger charge is 2.09. The minimum Gasteiger partial charge on any atom is -0.466 e. The summed E-state index contributed by atoms with van der Waals surface area (Å²) in [6, 6.07) is 5.26. The molecule has 0 unspecified atom stereocenters. The number of esters is 2. The molecule has 0 radical (unpaired) electrons. The Morgan fingerprint density at radius 3 is 2.45 bits per heavy atom.